The highest BCUT2D eigenvalue weighted by Crippen LogP contribution is 2.26. The molecule has 1 N–H and O–H groups in total. The van der Waals surface area contributed by atoms with E-state index in [0.717, 1.165) is 30.0 Å². The van der Waals surface area contributed by atoms with Crippen LogP contribution in [0.4, 0.5) is 0 Å². The van der Waals surface area contributed by atoms with Gasteiger partial charge in [-0.25, -0.2) is 4.79 Å². The molecule has 1 aromatic carbocycles. The van der Waals surface area contributed by atoms with Gasteiger partial charge in [-0.1, -0.05) is 30.1 Å². The second-order valence-corrected chi connectivity index (χ2v) is 5.90. The van der Waals surface area contributed by atoms with Crippen LogP contribution < -0.4 is 0 Å². The summed E-state index contributed by atoms with van der Waals surface area (Å²) in [6.45, 7) is 2.11. The Balaban J connectivity index is 1.98. The lowest BCUT2D eigenvalue weighted by atomic mass is 10.2. The van der Waals surface area contributed by atoms with Crippen LogP contribution in [-0.4, -0.2) is 21.2 Å². The zero-order chi connectivity index (χ0) is 15.2. The topological polar surface area (TPSA) is 76.2 Å². The lowest BCUT2D eigenvalue weighted by Crippen LogP contribution is -1.97. The molecule has 0 atom stereocenters. The molecular weight excluding hydrogens is 312 g/mol. The van der Waals surface area contributed by atoms with Crippen molar-refractivity contribution in [2.75, 3.05) is 0 Å². The smallest absolute Gasteiger partial charge is 0.337 e. The van der Waals surface area contributed by atoms with Crippen LogP contribution in [0.1, 0.15) is 41.8 Å². The van der Waals surface area contributed by atoms with Crippen molar-refractivity contribution < 1.29 is 14.4 Å². The van der Waals surface area contributed by atoms with Gasteiger partial charge in [-0.3, -0.25) is 0 Å². The first-order chi connectivity index (χ1) is 10.1. The average Bonchev–Trinajstić information content (AvgIpc) is 2.92. The quantitative estimate of drug-likeness (QED) is 0.773. The minimum Gasteiger partial charge on any atom is -0.478 e. The molecule has 5 nitrogen and oxygen atoms in total. The number of aryl methyl sites for hydroxylation is 1. The van der Waals surface area contributed by atoms with Crippen molar-refractivity contribution in [1.82, 2.24) is 10.1 Å². The maximum atomic E-state index is 11.0. The lowest BCUT2D eigenvalue weighted by molar-refractivity contribution is 0.0697. The summed E-state index contributed by atoms with van der Waals surface area (Å²) in [4.78, 5) is 16.1. The predicted molar refractivity (Wildman–Crippen MR) is 80.9 cm³/mol. The molecule has 0 aliphatic heterocycles. The molecule has 0 radical (unpaired) electrons. The monoisotopic (exact) mass is 326 g/mol. The molecular formula is C14H15ClN2O3S. The summed E-state index contributed by atoms with van der Waals surface area (Å²) in [6, 6.07) is 4.89. The maximum Gasteiger partial charge on any atom is 0.337 e. The van der Waals surface area contributed by atoms with Gasteiger partial charge in [-0.15, -0.1) is 11.8 Å². The van der Waals surface area contributed by atoms with E-state index in [2.05, 4.69) is 17.1 Å². The third-order valence-electron chi connectivity index (χ3n) is 2.79. The Morgan fingerprint density at radius 2 is 2.29 bits per heavy atom. The van der Waals surface area contributed by atoms with Crippen LogP contribution in [0, 0.1) is 0 Å². The van der Waals surface area contributed by atoms with Crippen LogP contribution in [0.15, 0.2) is 27.6 Å². The van der Waals surface area contributed by atoms with Crippen LogP contribution in [0.25, 0.3) is 0 Å². The van der Waals surface area contributed by atoms with Gasteiger partial charge >= 0.3 is 5.97 Å². The van der Waals surface area contributed by atoms with Gasteiger partial charge in [-0.2, -0.15) is 4.98 Å². The van der Waals surface area contributed by atoms with Crippen molar-refractivity contribution >= 4 is 29.3 Å². The molecule has 0 fully saturated rings. The van der Waals surface area contributed by atoms with E-state index >= 15 is 0 Å². The van der Waals surface area contributed by atoms with Gasteiger partial charge in [0.1, 0.15) is 0 Å². The van der Waals surface area contributed by atoms with Crippen LogP contribution in [-0.2, 0) is 12.2 Å². The predicted octanol–water partition coefficient (Wildman–Crippen LogP) is 4.06. The summed E-state index contributed by atoms with van der Waals surface area (Å²) in [6.07, 6.45) is 2.93. The first-order valence-corrected chi connectivity index (χ1v) is 7.93. The van der Waals surface area contributed by atoms with Gasteiger partial charge in [0, 0.05) is 11.3 Å². The van der Waals surface area contributed by atoms with E-state index in [1.165, 1.54) is 11.8 Å². The first kappa shape index (κ1) is 15.9. The number of aromatic nitrogens is 2. The normalized spacial score (nSPS) is 10.8. The summed E-state index contributed by atoms with van der Waals surface area (Å²) < 4.78 is 5.16. The minimum atomic E-state index is -1.04. The number of thioether (sulfide) groups is 1. The number of hydrogen-bond acceptors (Lipinski definition) is 5. The Labute approximate surface area is 131 Å². The van der Waals surface area contributed by atoms with E-state index in [9.17, 15) is 4.79 Å². The van der Waals surface area contributed by atoms with E-state index in [1.807, 2.05) is 0 Å². The zero-order valence-corrected chi connectivity index (χ0v) is 13.1. The number of unbranched alkanes of at least 4 members (excludes halogenated alkanes) is 1. The van der Waals surface area contributed by atoms with E-state index in [0.29, 0.717) is 11.6 Å². The van der Waals surface area contributed by atoms with Crippen LogP contribution in [0.3, 0.4) is 0 Å². The highest BCUT2D eigenvalue weighted by Gasteiger charge is 2.11. The van der Waals surface area contributed by atoms with Gasteiger partial charge in [0.05, 0.1) is 16.3 Å². The van der Waals surface area contributed by atoms with E-state index in [-0.39, 0.29) is 10.6 Å². The Hall–Kier alpha value is -1.53. The number of aromatic carboxylic acids is 1. The third kappa shape index (κ3) is 4.47. The molecule has 1 heterocycles. The van der Waals surface area contributed by atoms with E-state index < -0.39 is 5.97 Å². The number of carboxylic acid groups (broad SMARTS) is 1. The largest absolute Gasteiger partial charge is 0.478 e. The van der Waals surface area contributed by atoms with Crippen molar-refractivity contribution in [3.8, 4) is 0 Å². The van der Waals surface area contributed by atoms with E-state index in [4.69, 9.17) is 21.2 Å². The van der Waals surface area contributed by atoms with Gasteiger partial charge in [-0.05, 0) is 24.6 Å². The molecule has 2 aromatic rings. The van der Waals surface area contributed by atoms with Gasteiger partial charge in [0.25, 0.3) is 0 Å². The number of rotatable bonds is 7. The van der Waals surface area contributed by atoms with Crippen molar-refractivity contribution in [3.63, 3.8) is 0 Å². The molecule has 7 heteroatoms. The van der Waals surface area contributed by atoms with Crippen molar-refractivity contribution in [1.29, 1.82) is 0 Å². The highest BCUT2D eigenvalue weighted by atomic mass is 35.5. The first-order valence-electron chi connectivity index (χ1n) is 6.57. The Kier molecular flexibility index (Phi) is 5.64. The fraction of sp³-hybridized carbons (Fsp3) is 0.357. The van der Waals surface area contributed by atoms with Gasteiger partial charge < -0.3 is 9.63 Å². The summed E-state index contributed by atoms with van der Waals surface area (Å²) in [7, 11) is 0. The summed E-state index contributed by atoms with van der Waals surface area (Å²) in [5, 5.41) is 13.2. The molecule has 21 heavy (non-hydrogen) atoms. The average molecular weight is 327 g/mol. The number of nitrogens with zero attached hydrogens (tertiary/aromatic N) is 2. The summed E-state index contributed by atoms with van der Waals surface area (Å²) in [5.74, 6) is 0.717. The molecule has 2 rings (SSSR count). The van der Waals surface area contributed by atoms with Crippen LogP contribution in [0.5, 0.6) is 0 Å². The van der Waals surface area contributed by atoms with Crippen LogP contribution >= 0.6 is 23.4 Å². The molecule has 0 bridgehead atoms. The Bertz CT molecular complexity index is 630. The summed E-state index contributed by atoms with van der Waals surface area (Å²) >= 11 is 7.26. The molecule has 0 saturated heterocycles. The fourth-order valence-corrected chi connectivity index (χ4v) is 2.66. The SMILES string of the molecule is CCCCc1noc(CSc2ccc(Cl)c(C(=O)O)c2)n1. The third-order valence-corrected chi connectivity index (χ3v) is 4.10. The fourth-order valence-electron chi connectivity index (χ4n) is 1.69. The minimum absolute atomic E-state index is 0.0934. The van der Waals surface area contributed by atoms with Gasteiger partial charge in [0.2, 0.25) is 5.89 Å². The molecule has 112 valence electrons. The molecule has 0 saturated carbocycles. The van der Waals surface area contributed by atoms with E-state index in [1.54, 1.807) is 18.2 Å². The molecule has 0 amide bonds. The molecule has 1 aromatic heterocycles. The number of hydrogen-bond donors (Lipinski definition) is 1. The molecule has 0 spiro atoms. The van der Waals surface area contributed by atoms with Crippen molar-refractivity contribution in [2.45, 2.75) is 36.8 Å². The molecule has 0 aliphatic carbocycles. The zero-order valence-electron chi connectivity index (χ0n) is 11.5. The Morgan fingerprint density at radius 1 is 1.48 bits per heavy atom. The second kappa shape index (κ2) is 7.47. The number of carboxylic acids is 1. The van der Waals surface area contributed by atoms with Crippen molar-refractivity contribution in [2.24, 2.45) is 0 Å². The highest BCUT2D eigenvalue weighted by molar-refractivity contribution is 7.98. The lowest BCUT2D eigenvalue weighted by Gasteiger charge is -2.02. The number of halogens is 1. The van der Waals surface area contributed by atoms with Crippen molar-refractivity contribution in [3.05, 3.63) is 40.5 Å². The summed E-state index contributed by atoms with van der Waals surface area (Å²) in [5.41, 5.74) is 0.0934. The Morgan fingerprint density at radius 3 is 3.00 bits per heavy atom. The van der Waals surface area contributed by atoms with Crippen LogP contribution in [0.2, 0.25) is 5.02 Å². The second-order valence-electron chi connectivity index (χ2n) is 4.44. The van der Waals surface area contributed by atoms with Gasteiger partial charge in [0.15, 0.2) is 5.82 Å². The molecule has 0 aliphatic rings. The molecule has 0 unspecified atom stereocenters. The number of carbonyl (C=O) groups is 1. The number of benzene rings is 1. The standard InChI is InChI=1S/C14H15ClN2O3S/c1-2-3-4-12-16-13(20-17-12)8-21-9-5-6-11(15)10(7-9)14(18)19/h5-7H,2-4,8H2,1H3,(H,18,19). The maximum absolute atomic E-state index is 11.0.